The number of aryl methyl sites for hydroxylation is 1. The average molecular weight is 300 g/mol. The Labute approximate surface area is 111 Å². The van der Waals surface area contributed by atoms with Crippen molar-refractivity contribution in [1.82, 2.24) is 5.32 Å². The molecule has 0 unspecified atom stereocenters. The Morgan fingerprint density at radius 1 is 1.41 bits per heavy atom. The lowest BCUT2D eigenvalue weighted by molar-refractivity contribution is 0.0229. The number of rotatable bonds is 4. The minimum absolute atomic E-state index is 0.0838. The van der Waals surface area contributed by atoms with Crippen LogP contribution in [0.2, 0.25) is 0 Å². The largest absolute Gasteiger partial charge is 0.377 e. The number of nitrogens with one attached hydrogen (secondary N) is 1. The summed E-state index contributed by atoms with van der Waals surface area (Å²) in [5, 5.41) is 2.86. The predicted octanol–water partition coefficient (Wildman–Crippen LogP) is 2.91. The molecule has 0 heterocycles. The van der Waals surface area contributed by atoms with Crippen LogP contribution in [0, 0.1) is 6.92 Å². The van der Waals surface area contributed by atoms with E-state index < -0.39 is 0 Å². The molecule has 1 N–H and O–H groups in total. The summed E-state index contributed by atoms with van der Waals surface area (Å²) in [5.41, 5.74) is 1.36. The molecule has 0 bridgehead atoms. The lowest BCUT2D eigenvalue weighted by Gasteiger charge is -2.23. The summed E-state index contributed by atoms with van der Waals surface area (Å²) in [5.74, 6) is -0.0838. The van der Waals surface area contributed by atoms with Crippen LogP contribution in [0.25, 0.3) is 0 Å². The van der Waals surface area contributed by atoms with Gasteiger partial charge in [-0.3, -0.25) is 4.79 Å². The van der Waals surface area contributed by atoms with Crippen molar-refractivity contribution in [2.75, 3.05) is 13.7 Å². The molecule has 0 radical (unpaired) electrons. The molecule has 1 amide bonds. The van der Waals surface area contributed by atoms with E-state index in [1.807, 2.05) is 39.0 Å². The molecule has 0 aromatic heterocycles. The van der Waals surface area contributed by atoms with E-state index in [1.165, 1.54) is 0 Å². The van der Waals surface area contributed by atoms with Crippen molar-refractivity contribution in [3.05, 3.63) is 33.8 Å². The van der Waals surface area contributed by atoms with E-state index in [9.17, 15) is 4.79 Å². The van der Waals surface area contributed by atoms with Crippen molar-refractivity contribution in [3.63, 3.8) is 0 Å². The van der Waals surface area contributed by atoms with Crippen LogP contribution in [-0.2, 0) is 4.74 Å². The first-order valence-electron chi connectivity index (χ1n) is 5.44. The fourth-order valence-electron chi connectivity index (χ4n) is 1.33. The van der Waals surface area contributed by atoms with Crippen LogP contribution in [-0.4, -0.2) is 25.2 Å². The Hall–Kier alpha value is -0.870. The molecule has 0 aliphatic rings. The van der Waals surface area contributed by atoms with Crippen molar-refractivity contribution < 1.29 is 9.53 Å². The Morgan fingerprint density at radius 2 is 2.06 bits per heavy atom. The van der Waals surface area contributed by atoms with Gasteiger partial charge in [-0.2, -0.15) is 0 Å². The Balaban J connectivity index is 2.70. The number of carbonyl (C=O) groups excluding carboxylic acids is 1. The van der Waals surface area contributed by atoms with Gasteiger partial charge in [-0.25, -0.2) is 0 Å². The number of benzene rings is 1. The summed E-state index contributed by atoms with van der Waals surface area (Å²) in [6, 6.07) is 5.64. The SMILES string of the molecule is COC(C)(C)CNC(=O)c1cc(C)cc(Br)c1. The number of halogens is 1. The predicted molar refractivity (Wildman–Crippen MR) is 72.3 cm³/mol. The van der Waals surface area contributed by atoms with E-state index >= 15 is 0 Å². The van der Waals surface area contributed by atoms with Crippen molar-refractivity contribution in [2.24, 2.45) is 0 Å². The second-order valence-electron chi connectivity index (χ2n) is 4.66. The molecule has 94 valence electrons. The van der Waals surface area contributed by atoms with Crippen LogP contribution in [0.1, 0.15) is 29.8 Å². The first-order valence-corrected chi connectivity index (χ1v) is 6.24. The molecule has 3 nitrogen and oxygen atoms in total. The van der Waals surface area contributed by atoms with Crippen molar-refractivity contribution >= 4 is 21.8 Å². The molecule has 0 spiro atoms. The highest BCUT2D eigenvalue weighted by atomic mass is 79.9. The lowest BCUT2D eigenvalue weighted by atomic mass is 10.1. The molecule has 0 atom stereocenters. The molecular formula is C13H18BrNO2. The van der Waals surface area contributed by atoms with Gasteiger partial charge >= 0.3 is 0 Å². The number of hydrogen-bond donors (Lipinski definition) is 1. The fourth-order valence-corrected chi connectivity index (χ4v) is 1.94. The molecule has 4 heteroatoms. The molecule has 1 rings (SSSR count). The summed E-state index contributed by atoms with van der Waals surface area (Å²) in [6.45, 7) is 6.30. The first kappa shape index (κ1) is 14.2. The molecule has 0 saturated heterocycles. The monoisotopic (exact) mass is 299 g/mol. The van der Waals surface area contributed by atoms with Gasteiger partial charge in [0.25, 0.3) is 5.91 Å². The third-order valence-electron chi connectivity index (χ3n) is 2.53. The lowest BCUT2D eigenvalue weighted by Crippen LogP contribution is -2.39. The van der Waals surface area contributed by atoms with Gasteiger partial charge in [0.05, 0.1) is 5.60 Å². The summed E-state index contributed by atoms with van der Waals surface area (Å²) < 4.78 is 6.16. The number of amides is 1. The number of hydrogen-bond acceptors (Lipinski definition) is 2. The zero-order chi connectivity index (χ0) is 13.1. The smallest absolute Gasteiger partial charge is 0.251 e. The van der Waals surface area contributed by atoms with Crippen molar-refractivity contribution in [2.45, 2.75) is 26.4 Å². The topological polar surface area (TPSA) is 38.3 Å². The zero-order valence-electron chi connectivity index (χ0n) is 10.6. The molecule has 0 aliphatic heterocycles. The maximum Gasteiger partial charge on any atom is 0.251 e. The standard InChI is InChI=1S/C13H18BrNO2/c1-9-5-10(7-11(14)6-9)12(16)15-8-13(2,3)17-4/h5-7H,8H2,1-4H3,(H,15,16). The van der Waals surface area contributed by atoms with Gasteiger partial charge in [-0.1, -0.05) is 15.9 Å². The molecule has 17 heavy (non-hydrogen) atoms. The molecular weight excluding hydrogens is 282 g/mol. The molecule has 1 aromatic rings. The maximum atomic E-state index is 11.9. The van der Waals surface area contributed by atoms with Gasteiger partial charge in [-0.15, -0.1) is 0 Å². The molecule has 0 saturated carbocycles. The highest BCUT2D eigenvalue weighted by molar-refractivity contribution is 9.10. The van der Waals surface area contributed by atoms with Gasteiger partial charge in [0.1, 0.15) is 0 Å². The van der Waals surface area contributed by atoms with Gasteiger partial charge < -0.3 is 10.1 Å². The Morgan fingerprint density at radius 3 is 2.59 bits per heavy atom. The fraction of sp³-hybridized carbons (Fsp3) is 0.462. The van der Waals surface area contributed by atoms with E-state index in [0.29, 0.717) is 12.1 Å². The Bertz CT molecular complexity index is 396. The minimum Gasteiger partial charge on any atom is -0.377 e. The summed E-state index contributed by atoms with van der Waals surface area (Å²) in [6.07, 6.45) is 0. The molecule has 0 aliphatic carbocycles. The zero-order valence-corrected chi connectivity index (χ0v) is 12.2. The molecule has 1 aromatic carbocycles. The minimum atomic E-state index is -0.350. The van der Waals surface area contributed by atoms with Crippen LogP contribution in [0.15, 0.2) is 22.7 Å². The highest BCUT2D eigenvalue weighted by Gasteiger charge is 2.18. The second-order valence-corrected chi connectivity index (χ2v) is 5.58. The summed E-state index contributed by atoms with van der Waals surface area (Å²) in [4.78, 5) is 11.9. The van der Waals surface area contributed by atoms with Crippen LogP contribution >= 0.6 is 15.9 Å². The number of ether oxygens (including phenoxy) is 1. The van der Waals surface area contributed by atoms with Gasteiger partial charge in [0.2, 0.25) is 0 Å². The van der Waals surface area contributed by atoms with Crippen LogP contribution < -0.4 is 5.32 Å². The van der Waals surface area contributed by atoms with E-state index in [-0.39, 0.29) is 11.5 Å². The molecule has 0 fully saturated rings. The van der Waals surface area contributed by atoms with Crippen LogP contribution in [0.3, 0.4) is 0 Å². The van der Waals surface area contributed by atoms with E-state index in [0.717, 1.165) is 10.0 Å². The van der Waals surface area contributed by atoms with Gasteiger partial charge in [-0.05, 0) is 44.5 Å². The summed E-state index contributed by atoms with van der Waals surface area (Å²) in [7, 11) is 1.63. The van der Waals surface area contributed by atoms with Crippen LogP contribution in [0.5, 0.6) is 0 Å². The first-order chi connectivity index (χ1) is 7.84. The van der Waals surface area contributed by atoms with Gasteiger partial charge in [0, 0.05) is 23.7 Å². The van der Waals surface area contributed by atoms with Crippen molar-refractivity contribution in [3.8, 4) is 0 Å². The average Bonchev–Trinajstić information content (AvgIpc) is 2.24. The number of carbonyl (C=O) groups is 1. The highest BCUT2D eigenvalue weighted by Crippen LogP contribution is 2.15. The third kappa shape index (κ3) is 4.48. The third-order valence-corrected chi connectivity index (χ3v) is 2.99. The van der Waals surface area contributed by atoms with E-state index in [1.54, 1.807) is 7.11 Å². The quantitative estimate of drug-likeness (QED) is 0.928. The van der Waals surface area contributed by atoms with E-state index in [4.69, 9.17) is 4.74 Å². The van der Waals surface area contributed by atoms with Gasteiger partial charge in [0.15, 0.2) is 0 Å². The number of methoxy groups -OCH3 is 1. The van der Waals surface area contributed by atoms with Crippen molar-refractivity contribution in [1.29, 1.82) is 0 Å². The maximum absolute atomic E-state index is 11.9. The normalized spacial score (nSPS) is 11.4. The Kier molecular flexibility index (Phi) is 4.71. The van der Waals surface area contributed by atoms with Crippen LogP contribution in [0.4, 0.5) is 0 Å². The second kappa shape index (κ2) is 5.65. The van der Waals surface area contributed by atoms with E-state index in [2.05, 4.69) is 21.2 Å². The summed E-state index contributed by atoms with van der Waals surface area (Å²) >= 11 is 3.38.